The lowest BCUT2D eigenvalue weighted by atomic mass is 10.0. The molecule has 0 aliphatic carbocycles. The van der Waals surface area contributed by atoms with Crippen LogP contribution in [0.2, 0.25) is 0 Å². The molecule has 0 aliphatic heterocycles. The van der Waals surface area contributed by atoms with Crippen LogP contribution in [0.3, 0.4) is 0 Å². The van der Waals surface area contributed by atoms with Gasteiger partial charge in [0.15, 0.2) is 5.69 Å². The predicted molar refractivity (Wildman–Crippen MR) is 138 cm³/mol. The third-order valence-corrected chi connectivity index (χ3v) is 5.93. The predicted octanol–water partition coefficient (Wildman–Crippen LogP) is 5.26. The second kappa shape index (κ2) is 11.4. The fourth-order valence-corrected chi connectivity index (χ4v) is 3.98. The van der Waals surface area contributed by atoms with E-state index in [1.807, 2.05) is 48.5 Å². The summed E-state index contributed by atoms with van der Waals surface area (Å²) in [5, 5.41) is 4.66. The molecule has 0 bridgehead atoms. The summed E-state index contributed by atoms with van der Waals surface area (Å²) in [5.41, 5.74) is 3.38. The van der Waals surface area contributed by atoms with Crippen molar-refractivity contribution in [2.45, 2.75) is 20.0 Å². The van der Waals surface area contributed by atoms with E-state index in [1.54, 1.807) is 31.4 Å². The Kier molecular flexibility index (Phi) is 7.88. The average Bonchev–Trinajstić information content (AvgIpc) is 3.36. The van der Waals surface area contributed by atoms with Gasteiger partial charge in [0, 0.05) is 11.1 Å². The first kappa shape index (κ1) is 25.5. The number of hydrogen-bond acceptors (Lipinski definition) is 7. The van der Waals surface area contributed by atoms with Crippen LogP contribution in [0.15, 0.2) is 72.8 Å². The summed E-state index contributed by atoms with van der Waals surface area (Å²) in [6, 6.07) is 22.3. The van der Waals surface area contributed by atoms with Crippen LogP contribution in [-0.2, 0) is 22.5 Å². The van der Waals surface area contributed by atoms with Crippen LogP contribution in [0.5, 0.6) is 11.5 Å². The molecular weight excluding hydrogens is 472 g/mol. The lowest BCUT2D eigenvalue weighted by Gasteiger charge is -2.12. The number of carbonyl (C=O) groups excluding carboxylic acids is 2. The van der Waals surface area contributed by atoms with E-state index in [1.165, 1.54) is 24.5 Å². The minimum absolute atomic E-state index is 0.00499. The van der Waals surface area contributed by atoms with Crippen LogP contribution in [0.25, 0.3) is 16.9 Å². The van der Waals surface area contributed by atoms with E-state index < -0.39 is 11.9 Å². The van der Waals surface area contributed by atoms with Gasteiger partial charge in [0.05, 0.1) is 27.0 Å². The van der Waals surface area contributed by atoms with Crippen LogP contribution >= 0.6 is 0 Å². The molecule has 3 aromatic carbocycles. The van der Waals surface area contributed by atoms with E-state index in [2.05, 4.69) is 12.0 Å². The third-order valence-electron chi connectivity index (χ3n) is 5.93. The van der Waals surface area contributed by atoms with Gasteiger partial charge in [0.2, 0.25) is 0 Å². The maximum atomic E-state index is 12.9. The van der Waals surface area contributed by atoms with E-state index >= 15 is 0 Å². The molecule has 0 saturated carbocycles. The Bertz CT molecular complexity index is 1390. The molecule has 8 heteroatoms. The molecule has 0 radical (unpaired) electrons. The summed E-state index contributed by atoms with van der Waals surface area (Å²) in [7, 11) is 4.08. The smallest absolute Gasteiger partial charge is 0.357 e. The number of methoxy groups -OCH3 is 3. The highest BCUT2D eigenvalue weighted by Gasteiger charge is 2.31. The van der Waals surface area contributed by atoms with Crippen molar-refractivity contribution < 1.29 is 28.5 Å². The zero-order chi connectivity index (χ0) is 26.4. The molecule has 4 rings (SSSR count). The number of hydrogen-bond donors (Lipinski definition) is 0. The summed E-state index contributed by atoms with van der Waals surface area (Å²) < 4.78 is 23.0. The molecule has 37 heavy (non-hydrogen) atoms. The van der Waals surface area contributed by atoms with Gasteiger partial charge in [-0.1, -0.05) is 37.3 Å². The van der Waals surface area contributed by atoms with Gasteiger partial charge in [-0.3, -0.25) is 0 Å². The van der Waals surface area contributed by atoms with Crippen LogP contribution in [0.1, 0.15) is 38.9 Å². The third kappa shape index (κ3) is 5.33. The molecule has 190 valence electrons. The second-order valence-corrected chi connectivity index (χ2v) is 8.12. The van der Waals surface area contributed by atoms with Crippen molar-refractivity contribution in [2.75, 3.05) is 21.3 Å². The fourth-order valence-electron chi connectivity index (χ4n) is 3.98. The van der Waals surface area contributed by atoms with Crippen LogP contribution in [-0.4, -0.2) is 43.0 Å². The Labute approximate surface area is 215 Å². The van der Waals surface area contributed by atoms with E-state index in [0.717, 1.165) is 17.7 Å². The minimum Gasteiger partial charge on any atom is -0.496 e. The molecule has 1 heterocycles. The highest BCUT2D eigenvalue weighted by molar-refractivity contribution is 6.06. The summed E-state index contributed by atoms with van der Waals surface area (Å²) in [4.78, 5) is 25.8. The highest BCUT2D eigenvalue weighted by atomic mass is 16.5. The van der Waals surface area contributed by atoms with Gasteiger partial charge in [-0.2, -0.15) is 5.10 Å². The zero-order valence-corrected chi connectivity index (χ0v) is 21.2. The first-order valence-electron chi connectivity index (χ1n) is 11.7. The van der Waals surface area contributed by atoms with Gasteiger partial charge >= 0.3 is 11.9 Å². The first-order chi connectivity index (χ1) is 18.0. The van der Waals surface area contributed by atoms with Gasteiger partial charge in [-0.15, -0.1) is 0 Å². The molecule has 0 saturated heterocycles. The maximum Gasteiger partial charge on any atom is 0.357 e. The normalized spacial score (nSPS) is 10.6. The van der Waals surface area contributed by atoms with Crippen LogP contribution < -0.4 is 9.47 Å². The zero-order valence-electron chi connectivity index (χ0n) is 21.2. The molecule has 1 aromatic heterocycles. The van der Waals surface area contributed by atoms with E-state index in [0.29, 0.717) is 17.0 Å². The average molecular weight is 501 g/mol. The summed E-state index contributed by atoms with van der Waals surface area (Å²) >= 11 is 0. The molecule has 0 amide bonds. The number of esters is 2. The summed E-state index contributed by atoms with van der Waals surface area (Å²) in [5.74, 6) is -0.0803. The lowest BCUT2D eigenvalue weighted by Crippen LogP contribution is -2.15. The topological polar surface area (TPSA) is 88.9 Å². The van der Waals surface area contributed by atoms with Gasteiger partial charge in [0.25, 0.3) is 0 Å². The molecule has 8 nitrogen and oxygen atoms in total. The number of benzene rings is 3. The Morgan fingerprint density at radius 3 is 2.19 bits per heavy atom. The van der Waals surface area contributed by atoms with Gasteiger partial charge in [0.1, 0.15) is 29.4 Å². The summed E-state index contributed by atoms with van der Waals surface area (Å²) in [6.45, 7) is 2.32. The molecule has 0 aliphatic rings. The Morgan fingerprint density at radius 2 is 1.57 bits per heavy atom. The highest BCUT2D eigenvalue weighted by Crippen LogP contribution is 2.32. The SMILES string of the molecule is CCc1ccc(OCc2cc(-c3nn(-c4ccccc4)c(C(=O)OC)c3C(=O)OC)ccc2OC)cc1. The standard InChI is InChI=1S/C29H28N2O6/c1-5-19-11-14-23(15-12-19)37-18-21-17-20(13-16-24(21)34-2)26-25(28(32)35-3)27(29(33)36-4)31(30-26)22-9-7-6-8-10-22/h6-17H,5,18H2,1-4H3. The lowest BCUT2D eigenvalue weighted by molar-refractivity contribution is 0.0549. The molecule has 0 spiro atoms. The maximum absolute atomic E-state index is 12.9. The Balaban J connectivity index is 1.81. The Morgan fingerprint density at radius 1 is 0.865 bits per heavy atom. The minimum atomic E-state index is -0.712. The van der Waals surface area contributed by atoms with Crippen molar-refractivity contribution >= 4 is 11.9 Å². The van der Waals surface area contributed by atoms with Crippen LogP contribution in [0.4, 0.5) is 0 Å². The number of rotatable bonds is 9. The van der Waals surface area contributed by atoms with Gasteiger partial charge in [-0.25, -0.2) is 14.3 Å². The first-order valence-corrected chi connectivity index (χ1v) is 11.7. The monoisotopic (exact) mass is 500 g/mol. The van der Waals surface area contributed by atoms with Crippen molar-refractivity contribution in [3.05, 3.63) is 95.2 Å². The van der Waals surface area contributed by atoms with Crippen molar-refractivity contribution in [1.82, 2.24) is 9.78 Å². The van der Waals surface area contributed by atoms with E-state index in [4.69, 9.17) is 18.9 Å². The van der Waals surface area contributed by atoms with Crippen molar-refractivity contribution in [3.63, 3.8) is 0 Å². The largest absolute Gasteiger partial charge is 0.496 e. The summed E-state index contributed by atoms with van der Waals surface area (Å²) in [6.07, 6.45) is 0.946. The van der Waals surface area contributed by atoms with Crippen molar-refractivity contribution in [1.29, 1.82) is 0 Å². The number of aryl methyl sites for hydroxylation is 1. The molecule has 0 fully saturated rings. The van der Waals surface area contributed by atoms with Gasteiger partial charge in [-0.05, 0) is 54.4 Å². The van der Waals surface area contributed by atoms with Crippen molar-refractivity contribution in [2.24, 2.45) is 0 Å². The van der Waals surface area contributed by atoms with Gasteiger partial charge < -0.3 is 18.9 Å². The fraction of sp³-hybridized carbons (Fsp3) is 0.207. The van der Waals surface area contributed by atoms with Crippen LogP contribution in [0, 0.1) is 0 Å². The molecule has 0 unspecified atom stereocenters. The second-order valence-electron chi connectivity index (χ2n) is 8.12. The number of nitrogens with zero attached hydrogens (tertiary/aromatic N) is 2. The number of aromatic nitrogens is 2. The van der Waals surface area contributed by atoms with E-state index in [9.17, 15) is 9.59 Å². The Hall–Kier alpha value is -4.59. The molecule has 0 N–H and O–H groups in total. The molecule has 4 aromatic rings. The number of ether oxygens (including phenoxy) is 4. The number of carbonyl (C=O) groups is 2. The number of para-hydroxylation sites is 1. The molecule has 0 atom stereocenters. The quantitative estimate of drug-likeness (QED) is 0.290. The van der Waals surface area contributed by atoms with Crippen molar-refractivity contribution in [3.8, 4) is 28.4 Å². The van der Waals surface area contributed by atoms with E-state index in [-0.39, 0.29) is 23.6 Å². The molecular formula is C29H28N2O6.